The quantitative estimate of drug-likeness (QED) is 0.516. The molecule has 0 aromatic carbocycles. The number of anilines is 1. The highest BCUT2D eigenvalue weighted by molar-refractivity contribution is 7.80. The van der Waals surface area contributed by atoms with E-state index < -0.39 is 5.97 Å². The van der Waals surface area contributed by atoms with Crippen molar-refractivity contribution in [3.8, 4) is 0 Å². The maximum Gasteiger partial charge on any atom is 0.341 e. The molecule has 9 heteroatoms. The van der Waals surface area contributed by atoms with Crippen molar-refractivity contribution in [2.75, 3.05) is 58.2 Å². The Balaban J connectivity index is 2.23. The summed E-state index contributed by atoms with van der Waals surface area (Å²) >= 11 is 6.88. The van der Waals surface area contributed by atoms with Gasteiger partial charge in [-0.2, -0.15) is 0 Å². The summed E-state index contributed by atoms with van der Waals surface area (Å²) in [5, 5.41) is 4.37. The average Bonchev–Trinajstić information content (AvgIpc) is 3.04. The highest BCUT2D eigenvalue weighted by Crippen LogP contribution is 2.35. The van der Waals surface area contributed by atoms with Crippen molar-refractivity contribution in [1.82, 2.24) is 14.7 Å². The lowest BCUT2D eigenvalue weighted by Gasteiger charge is -2.36. The van der Waals surface area contributed by atoms with Crippen LogP contribution in [0.4, 0.5) is 5.00 Å². The number of carbonyl (C=O) groups is 2. The molecule has 1 amide bonds. The Bertz CT molecular complexity index is 738. The van der Waals surface area contributed by atoms with Crippen LogP contribution < -0.4 is 5.32 Å². The largest absolute Gasteiger partial charge is 0.465 e. The highest BCUT2D eigenvalue weighted by Gasteiger charge is 2.28. The molecule has 0 aliphatic carbocycles. The van der Waals surface area contributed by atoms with Crippen LogP contribution >= 0.6 is 23.6 Å². The number of carbonyl (C=O) groups excluding carboxylic acids is 2. The van der Waals surface area contributed by atoms with E-state index in [1.807, 2.05) is 13.8 Å². The van der Waals surface area contributed by atoms with E-state index >= 15 is 0 Å². The first-order valence-corrected chi connectivity index (χ1v) is 11.4. The molecule has 1 aliphatic rings. The van der Waals surface area contributed by atoms with E-state index in [0.717, 1.165) is 39.1 Å². The summed E-state index contributed by atoms with van der Waals surface area (Å²) in [6.45, 7) is 13.8. The lowest BCUT2D eigenvalue weighted by molar-refractivity contribution is 0.0601. The number of hydrogen-bond donors (Lipinski definition) is 1. The smallest absolute Gasteiger partial charge is 0.341 e. The number of nitrogens with zero attached hydrogens (tertiary/aromatic N) is 3. The summed E-state index contributed by atoms with van der Waals surface area (Å²) in [7, 11) is 1.35. The molecule has 1 fully saturated rings. The molecule has 1 aliphatic heterocycles. The average molecular weight is 441 g/mol. The third-order valence-corrected chi connectivity index (χ3v) is 6.76. The van der Waals surface area contributed by atoms with Crippen LogP contribution in [0.3, 0.4) is 0 Å². The van der Waals surface area contributed by atoms with Gasteiger partial charge in [0.2, 0.25) is 0 Å². The first kappa shape index (κ1) is 23.6. The Morgan fingerprint density at radius 1 is 1.17 bits per heavy atom. The lowest BCUT2D eigenvalue weighted by Crippen LogP contribution is -2.50. The van der Waals surface area contributed by atoms with Gasteiger partial charge in [0.1, 0.15) is 5.00 Å². The van der Waals surface area contributed by atoms with Gasteiger partial charge in [-0.3, -0.25) is 9.69 Å². The number of methoxy groups -OCH3 is 1. The minimum absolute atomic E-state index is 0.0743. The molecule has 2 heterocycles. The van der Waals surface area contributed by atoms with Crippen LogP contribution in [0.25, 0.3) is 0 Å². The second-order valence-corrected chi connectivity index (χ2v) is 8.40. The second-order valence-electron chi connectivity index (χ2n) is 6.99. The predicted octanol–water partition coefficient (Wildman–Crippen LogP) is 3.05. The van der Waals surface area contributed by atoms with E-state index in [9.17, 15) is 9.59 Å². The zero-order valence-electron chi connectivity index (χ0n) is 18.0. The fourth-order valence-electron chi connectivity index (χ4n) is 3.47. The van der Waals surface area contributed by atoms with E-state index in [1.54, 1.807) is 11.8 Å². The van der Waals surface area contributed by atoms with E-state index in [-0.39, 0.29) is 5.91 Å². The van der Waals surface area contributed by atoms with Crippen LogP contribution in [0.5, 0.6) is 0 Å². The molecule has 0 spiro atoms. The maximum atomic E-state index is 12.9. The van der Waals surface area contributed by atoms with Crippen LogP contribution in [0.15, 0.2) is 0 Å². The van der Waals surface area contributed by atoms with Gasteiger partial charge < -0.3 is 19.9 Å². The Morgan fingerprint density at radius 2 is 1.79 bits per heavy atom. The van der Waals surface area contributed by atoms with Crippen LogP contribution in [-0.4, -0.2) is 84.6 Å². The molecule has 0 saturated carbocycles. The predicted molar refractivity (Wildman–Crippen MR) is 122 cm³/mol. The van der Waals surface area contributed by atoms with Gasteiger partial charge in [-0.1, -0.05) is 6.92 Å². The third kappa shape index (κ3) is 5.46. The molecular formula is C20H32N4O3S2. The number of amides is 1. The Hall–Kier alpha value is -1.71. The van der Waals surface area contributed by atoms with Crippen molar-refractivity contribution in [3.63, 3.8) is 0 Å². The fraction of sp³-hybridized carbons (Fsp3) is 0.650. The number of rotatable bonds is 7. The van der Waals surface area contributed by atoms with E-state index in [4.69, 9.17) is 17.0 Å². The molecule has 0 bridgehead atoms. The van der Waals surface area contributed by atoms with Crippen LogP contribution in [0.2, 0.25) is 0 Å². The molecule has 162 valence electrons. The molecule has 1 N–H and O–H groups in total. The minimum atomic E-state index is -0.463. The van der Waals surface area contributed by atoms with Crippen LogP contribution in [0, 0.1) is 6.92 Å². The molecule has 1 aromatic rings. The van der Waals surface area contributed by atoms with E-state index in [0.29, 0.717) is 39.2 Å². The number of nitrogens with one attached hydrogen (secondary N) is 1. The van der Waals surface area contributed by atoms with Gasteiger partial charge in [-0.25, -0.2) is 4.79 Å². The van der Waals surface area contributed by atoms with Crippen molar-refractivity contribution in [2.45, 2.75) is 34.1 Å². The second kappa shape index (κ2) is 10.9. The summed E-state index contributed by atoms with van der Waals surface area (Å²) < 4.78 is 4.97. The topological polar surface area (TPSA) is 65.1 Å². The van der Waals surface area contributed by atoms with Gasteiger partial charge >= 0.3 is 5.97 Å². The van der Waals surface area contributed by atoms with Crippen molar-refractivity contribution in [3.05, 3.63) is 16.0 Å². The van der Waals surface area contributed by atoms with Crippen molar-refractivity contribution in [2.24, 2.45) is 0 Å². The molecular weight excluding hydrogens is 408 g/mol. The minimum Gasteiger partial charge on any atom is -0.465 e. The Kier molecular flexibility index (Phi) is 8.85. The van der Waals surface area contributed by atoms with Gasteiger partial charge in [-0.05, 0) is 51.5 Å². The first-order chi connectivity index (χ1) is 13.9. The van der Waals surface area contributed by atoms with Crippen LogP contribution in [-0.2, 0) is 4.74 Å². The van der Waals surface area contributed by atoms with E-state index in [1.165, 1.54) is 18.4 Å². The molecule has 2 rings (SSSR count). The van der Waals surface area contributed by atoms with Crippen LogP contribution in [0.1, 0.15) is 52.8 Å². The number of thiophene rings is 1. The summed E-state index contributed by atoms with van der Waals surface area (Å²) in [5.41, 5.74) is 1.02. The zero-order valence-corrected chi connectivity index (χ0v) is 19.7. The Labute approximate surface area is 183 Å². The molecule has 29 heavy (non-hydrogen) atoms. The molecule has 0 atom stereocenters. The molecule has 7 nitrogen and oxygen atoms in total. The highest BCUT2D eigenvalue weighted by atomic mass is 32.1. The monoisotopic (exact) mass is 440 g/mol. The summed E-state index contributed by atoms with van der Waals surface area (Å²) in [6, 6.07) is 0. The van der Waals surface area contributed by atoms with Gasteiger partial charge in [0.05, 0.1) is 17.6 Å². The summed E-state index contributed by atoms with van der Waals surface area (Å²) in [4.78, 5) is 32.2. The third-order valence-electron chi connectivity index (χ3n) is 5.20. The summed E-state index contributed by atoms with van der Waals surface area (Å²) in [6.07, 6.45) is 1.14. The van der Waals surface area contributed by atoms with Gasteiger partial charge in [0.25, 0.3) is 5.91 Å². The van der Waals surface area contributed by atoms with Gasteiger partial charge in [-0.15, -0.1) is 11.3 Å². The number of piperazine rings is 1. The molecule has 0 radical (unpaired) electrons. The van der Waals surface area contributed by atoms with Gasteiger partial charge in [0, 0.05) is 39.3 Å². The van der Waals surface area contributed by atoms with E-state index in [2.05, 4.69) is 22.0 Å². The van der Waals surface area contributed by atoms with Crippen molar-refractivity contribution < 1.29 is 14.3 Å². The lowest BCUT2D eigenvalue weighted by atomic mass is 10.1. The van der Waals surface area contributed by atoms with Crippen molar-refractivity contribution in [1.29, 1.82) is 0 Å². The fourth-order valence-corrected chi connectivity index (χ4v) is 4.99. The first-order valence-electron chi connectivity index (χ1n) is 10.2. The Morgan fingerprint density at radius 3 is 2.31 bits per heavy atom. The zero-order chi connectivity index (χ0) is 21.6. The molecule has 0 unspecified atom stereocenters. The summed E-state index contributed by atoms with van der Waals surface area (Å²) in [5.74, 6) is -0.537. The number of esters is 1. The molecule has 1 aromatic heterocycles. The number of hydrogen-bond acceptors (Lipinski definition) is 6. The SMILES string of the molecule is CCCN1CCN(C(=S)Nc2sc(C(=O)N(CC)CC)c(C)c2C(=O)OC)CC1. The number of thiocarbonyl (C=S) groups is 1. The van der Waals surface area contributed by atoms with Gasteiger partial charge in [0.15, 0.2) is 5.11 Å². The standard InChI is InChI=1S/C20H32N4O3S2/c1-6-9-22-10-12-24(13-11-22)20(28)21-17-15(19(26)27-5)14(4)16(29-17)18(25)23(7-2)8-3/h6-13H2,1-5H3,(H,21,28). The maximum absolute atomic E-state index is 12.9. The van der Waals surface area contributed by atoms with Crippen molar-refractivity contribution >= 4 is 45.5 Å². The molecule has 1 saturated heterocycles. The normalized spacial score (nSPS) is 14.6. The number of ether oxygens (including phenoxy) is 1.